The lowest BCUT2D eigenvalue weighted by atomic mass is 10.0. The smallest absolute Gasteiger partial charge is 0.439 e. The molecule has 0 radical (unpaired) electrons. The molecule has 0 aliphatic carbocycles. The Kier molecular flexibility index (Phi) is 4.39. The van der Waals surface area contributed by atoms with Gasteiger partial charge in [-0.2, -0.15) is 23.3 Å². The number of ether oxygens (including phenoxy) is 1. The van der Waals surface area contributed by atoms with E-state index >= 15 is 0 Å². The second-order valence-electron chi connectivity index (χ2n) is 6.70. The zero-order valence-electron chi connectivity index (χ0n) is 13.8. The van der Waals surface area contributed by atoms with Crippen molar-refractivity contribution in [2.24, 2.45) is 5.10 Å². The van der Waals surface area contributed by atoms with E-state index in [9.17, 15) is 23.1 Å². The first kappa shape index (κ1) is 18.3. The van der Waals surface area contributed by atoms with Crippen LogP contribution in [0.5, 0.6) is 0 Å². The van der Waals surface area contributed by atoms with Gasteiger partial charge in [0.2, 0.25) is 0 Å². The molecule has 1 aromatic carbocycles. The number of aliphatic hydroxyl groups is 1. The van der Waals surface area contributed by atoms with Gasteiger partial charge in [0.1, 0.15) is 5.60 Å². The molecule has 132 valence electrons. The Morgan fingerprint density at radius 1 is 1.25 bits per heavy atom. The average Bonchev–Trinajstić information content (AvgIpc) is 2.76. The van der Waals surface area contributed by atoms with Crippen molar-refractivity contribution in [3.63, 3.8) is 0 Å². The molecule has 8 heteroatoms. The van der Waals surface area contributed by atoms with Gasteiger partial charge in [-0.05, 0) is 33.3 Å². The SMILES string of the molecule is Cc1ccc(C2=NN(C(=O)OC(C)(C)C)C(O)(C(F)(F)F)C2)cc1. The Labute approximate surface area is 137 Å². The van der Waals surface area contributed by atoms with Crippen LogP contribution in [-0.2, 0) is 4.74 Å². The van der Waals surface area contributed by atoms with Gasteiger partial charge in [0.05, 0.1) is 12.1 Å². The van der Waals surface area contributed by atoms with Crippen LogP contribution in [0.1, 0.15) is 38.3 Å². The molecule has 2 rings (SSSR count). The van der Waals surface area contributed by atoms with Gasteiger partial charge in [0, 0.05) is 0 Å². The quantitative estimate of drug-likeness (QED) is 0.847. The van der Waals surface area contributed by atoms with Crippen molar-refractivity contribution in [1.82, 2.24) is 5.01 Å². The summed E-state index contributed by atoms with van der Waals surface area (Å²) in [5.74, 6) is 0. The highest BCUT2D eigenvalue weighted by Gasteiger charge is 2.64. The van der Waals surface area contributed by atoms with Crippen LogP contribution >= 0.6 is 0 Å². The molecule has 1 N–H and O–H groups in total. The van der Waals surface area contributed by atoms with Gasteiger partial charge in [0.15, 0.2) is 0 Å². The molecule has 0 bridgehead atoms. The average molecular weight is 344 g/mol. The molecule has 1 amide bonds. The number of nitrogens with zero attached hydrogens (tertiary/aromatic N) is 2. The topological polar surface area (TPSA) is 62.1 Å². The lowest BCUT2D eigenvalue weighted by molar-refractivity contribution is -0.300. The molecule has 0 aromatic heterocycles. The molecule has 24 heavy (non-hydrogen) atoms. The number of carbonyl (C=O) groups is 1. The number of carbonyl (C=O) groups excluding carboxylic acids is 1. The van der Waals surface area contributed by atoms with Gasteiger partial charge in [-0.15, -0.1) is 0 Å². The number of alkyl halides is 3. The van der Waals surface area contributed by atoms with E-state index in [2.05, 4.69) is 5.10 Å². The predicted octanol–water partition coefficient (Wildman–Crippen LogP) is 3.59. The largest absolute Gasteiger partial charge is 0.442 e. The number of benzene rings is 1. The van der Waals surface area contributed by atoms with E-state index in [4.69, 9.17) is 4.74 Å². The molecule has 0 saturated heterocycles. The maximum atomic E-state index is 13.4. The molecule has 0 fully saturated rings. The summed E-state index contributed by atoms with van der Waals surface area (Å²) >= 11 is 0. The van der Waals surface area contributed by atoms with E-state index < -0.39 is 30.0 Å². The van der Waals surface area contributed by atoms with Gasteiger partial charge in [-0.1, -0.05) is 29.8 Å². The molecule has 0 spiro atoms. The third-order valence-electron chi connectivity index (χ3n) is 3.39. The van der Waals surface area contributed by atoms with E-state index in [0.29, 0.717) is 5.56 Å². The molecule has 1 aliphatic heterocycles. The summed E-state index contributed by atoms with van der Waals surface area (Å²) in [7, 11) is 0. The lowest BCUT2D eigenvalue weighted by Crippen LogP contribution is -2.57. The van der Waals surface area contributed by atoms with Gasteiger partial charge >= 0.3 is 12.3 Å². The van der Waals surface area contributed by atoms with E-state index in [1.165, 1.54) is 20.8 Å². The summed E-state index contributed by atoms with van der Waals surface area (Å²) < 4.78 is 45.0. The highest BCUT2D eigenvalue weighted by Crippen LogP contribution is 2.41. The number of amides is 1. The van der Waals surface area contributed by atoms with Gasteiger partial charge in [-0.25, -0.2) is 4.79 Å². The predicted molar refractivity (Wildman–Crippen MR) is 81.4 cm³/mol. The monoisotopic (exact) mass is 344 g/mol. The minimum atomic E-state index is -5.08. The summed E-state index contributed by atoms with van der Waals surface area (Å²) in [5, 5.41) is 13.8. The van der Waals surface area contributed by atoms with Crippen LogP contribution in [0.4, 0.5) is 18.0 Å². The van der Waals surface area contributed by atoms with Crippen LogP contribution in [0.2, 0.25) is 0 Å². The number of rotatable bonds is 1. The van der Waals surface area contributed by atoms with Crippen LogP contribution in [-0.4, -0.2) is 39.4 Å². The number of hydrazone groups is 1. The normalized spacial score (nSPS) is 21.7. The third-order valence-corrected chi connectivity index (χ3v) is 3.39. The maximum Gasteiger partial charge on any atom is 0.439 e. The molecule has 1 aliphatic rings. The van der Waals surface area contributed by atoms with Crippen LogP contribution in [0.15, 0.2) is 29.4 Å². The summed E-state index contributed by atoms with van der Waals surface area (Å²) in [4.78, 5) is 12.1. The molecular formula is C16H19F3N2O3. The maximum absolute atomic E-state index is 13.4. The van der Waals surface area contributed by atoms with E-state index in [0.717, 1.165) is 5.56 Å². The zero-order chi connectivity index (χ0) is 18.3. The minimum absolute atomic E-state index is 0.0204. The van der Waals surface area contributed by atoms with Crippen molar-refractivity contribution in [2.75, 3.05) is 0 Å². The molecule has 5 nitrogen and oxygen atoms in total. The molecular weight excluding hydrogens is 325 g/mol. The Morgan fingerprint density at radius 2 is 1.79 bits per heavy atom. The first-order valence-electron chi connectivity index (χ1n) is 7.30. The minimum Gasteiger partial charge on any atom is -0.442 e. The molecule has 1 unspecified atom stereocenters. The highest BCUT2D eigenvalue weighted by molar-refractivity contribution is 6.03. The number of halogens is 3. The number of aryl methyl sites for hydroxylation is 1. The zero-order valence-corrected chi connectivity index (χ0v) is 13.8. The van der Waals surface area contributed by atoms with Gasteiger partial charge < -0.3 is 9.84 Å². The Balaban J connectivity index is 2.41. The van der Waals surface area contributed by atoms with E-state index in [1.807, 2.05) is 6.92 Å². The molecule has 1 heterocycles. The van der Waals surface area contributed by atoms with Crippen LogP contribution in [0.25, 0.3) is 0 Å². The number of hydrogen-bond donors (Lipinski definition) is 1. The molecule has 0 saturated carbocycles. The first-order valence-corrected chi connectivity index (χ1v) is 7.30. The van der Waals surface area contributed by atoms with Crippen molar-refractivity contribution in [3.8, 4) is 0 Å². The van der Waals surface area contributed by atoms with Crippen molar-refractivity contribution >= 4 is 11.8 Å². The second kappa shape index (κ2) is 5.77. The Morgan fingerprint density at radius 3 is 2.25 bits per heavy atom. The fourth-order valence-corrected chi connectivity index (χ4v) is 2.17. The second-order valence-corrected chi connectivity index (χ2v) is 6.70. The van der Waals surface area contributed by atoms with Crippen molar-refractivity contribution in [2.45, 2.75) is 51.6 Å². The summed E-state index contributed by atoms with van der Waals surface area (Å²) in [6.07, 6.45) is -7.30. The van der Waals surface area contributed by atoms with Crippen molar-refractivity contribution in [3.05, 3.63) is 35.4 Å². The Bertz CT molecular complexity index is 663. The fraction of sp³-hybridized carbons (Fsp3) is 0.500. The van der Waals surface area contributed by atoms with Crippen molar-refractivity contribution in [1.29, 1.82) is 0 Å². The number of hydrogen-bond acceptors (Lipinski definition) is 4. The standard InChI is InChI=1S/C16H19F3N2O3/c1-10-5-7-11(8-6-10)12-9-15(23,16(17,18)19)21(20-12)13(22)24-14(2,3)4/h5-8,23H,9H2,1-4H3. The molecule has 1 atom stereocenters. The highest BCUT2D eigenvalue weighted by atomic mass is 19.4. The summed E-state index contributed by atoms with van der Waals surface area (Å²) in [6.45, 7) is 6.37. The van der Waals surface area contributed by atoms with Crippen LogP contribution in [0, 0.1) is 6.92 Å². The van der Waals surface area contributed by atoms with Crippen LogP contribution in [0.3, 0.4) is 0 Å². The first-order chi connectivity index (χ1) is 10.8. The summed E-state index contributed by atoms with van der Waals surface area (Å²) in [6, 6.07) is 6.59. The van der Waals surface area contributed by atoms with E-state index in [-0.39, 0.29) is 10.7 Å². The molecule has 1 aromatic rings. The third kappa shape index (κ3) is 3.53. The fourth-order valence-electron chi connectivity index (χ4n) is 2.17. The lowest BCUT2D eigenvalue weighted by Gasteiger charge is -2.33. The van der Waals surface area contributed by atoms with Crippen LogP contribution < -0.4 is 0 Å². The Hall–Kier alpha value is -2.09. The van der Waals surface area contributed by atoms with Gasteiger partial charge in [0.25, 0.3) is 5.72 Å². The van der Waals surface area contributed by atoms with E-state index in [1.54, 1.807) is 24.3 Å². The summed E-state index contributed by atoms with van der Waals surface area (Å²) in [5.41, 5.74) is -3.18. The van der Waals surface area contributed by atoms with Crippen molar-refractivity contribution < 1.29 is 27.8 Å². The van der Waals surface area contributed by atoms with Gasteiger partial charge in [-0.3, -0.25) is 0 Å².